The third-order valence-corrected chi connectivity index (χ3v) is 4.99. The minimum atomic E-state index is -3.14. The highest BCUT2D eigenvalue weighted by atomic mass is 32.2. The molecule has 1 aromatic rings. The van der Waals surface area contributed by atoms with Gasteiger partial charge in [0.25, 0.3) is 0 Å². The summed E-state index contributed by atoms with van der Waals surface area (Å²) >= 11 is 0. The summed E-state index contributed by atoms with van der Waals surface area (Å²) < 4.78 is 42.0. The molecule has 0 aliphatic rings. The van der Waals surface area contributed by atoms with E-state index >= 15 is 0 Å². The summed E-state index contributed by atoms with van der Waals surface area (Å²) in [5.41, 5.74) is 6.00. The van der Waals surface area contributed by atoms with Crippen molar-refractivity contribution in [2.24, 2.45) is 5.73 Å². The standard InChI is InChI=1S/C13H20FNO3S/c1-9(2)19(16,17)7-6-18-11-4-5-12(10(3)15)13(14)8-11/h4-5,8-10H,6-7,15H2,1-3H3/t10-/m1/s1. The fraction of sp³-hybridized carbons (Fsp3) is 0.538. The normalized spacial score (nSPS) is 13.6. The summed E-state index contributed by atoms with van der Waals surface area (Å²) in [5, 5.41) is -0.437. The van der Waals surface area contributed by atoms with Gasteiger partial charge in [0.1, 0.15) is 18.2 Å². The lowest BCUT2D eigenvalue weighted by molar-refractivity contribution is 0.338. The van der Waals surface area contributed by atoms with Crippen LogP contribution in [0.1, 0.15) is 32.4 Å². The van der Waals surface area contributed by atoms with Gasteiger partial charge in [0, 0.05) is 17.7 Å². The summed E-state index contributed by atoms with van der Waals surface area (Å²) in [6.07, 6.45) is 0. The Bertz CT molecular complexity index is 527. The van der Waals surface area contributed by atoms with Gasteiger partial charge in [-0.1, -0.05) is 6.07 Å². The molecule has 0 bridgehead atoms. The van der Waals surface area contributed by atoms with E-state index in [9.17, 15) is 12.8 Å². The van der Waals surface area contributed by atoms with Crippen LogP contribution in [-0.2, 0) is 9.84 Å². The van der Waals surface area contributed by atoms with Gasteiger partial charge in [-0.3, -0.25) is 0 Å². The smallest absolute Gasteiger partial charge is 0.155 e. The number of hydrogen-bond acceptors (Lipinski definition) is 4. The predicted octanol–water partition coefficient (Wildman–Crippen LogP) is 2.05. The molecule has 6 heteroatoms. The average Bonchev–Trinajstić information content (AvgIpc) is 2.28. The maximum absolute atomic E-state index is 13.6. The summed E-state index contributed by atoms with van der Waals surface area (Å²) in [6, 6.07) is 3.96. The highest BCUT2D eigenvalue weighted by Gasteiger charge is 2.16. The molecular formula is C13H20FNO3S. The molecule has 0 aliphatic carbocycles. The molecule has 19 heavy (non-hydrogen) atoms. The quantitative estimate of drug-likeness (QED) is 0.870. The average molecular weight is 289 g/mol. The van der Waals surface area contributed by atoms with Crippen molar-refractivity contribution in [3.05, 3.63) is 29.6 Å². The number of hydrogen-bond donors (Lipinski definition) is 1. The first-order valence-corrected chi connectivity index (χ1v) is 7.85. The van der Waals surface area contributed by atoms with Crippen LogP contribution in [0.15, 0.2) is 18.2 Å². The van der Waals surface area contributed by atoms with Gasteiger partial charge in [0.05, 0.1) is 11.0 Å². The topological polar surface area (TPSA) is 69.4 Å². The summed E-state index contributed by atoms with van der Waals surface area (Å²) in [4.78, 5) is 0. The minimum absolute atomic E-state index is 0.0114. The van der Waals surface area contributed by atoms with E-state index in [1.165, 1.54) is 6.07 Å². The molecule has 1 rings (SSSR count). The minimum Gasteiger partial charge on any atom is -0.492 e. The zero-order chi connectivity index (χ0) is 14.6. The highest BCUT2D eigenvalue weighted by molar-refractivity contribution is 7.91. The molecule has 2 N–H and O–H groups in total. The molecule has 0 aromatic heterocycles. The van der Waals surface area contributed by atoms with Crippen LogP contribution in [-0.4, -0.2) is 26.0 Å². The van der Waals surface area contributed by atoms with Gasteiger partial charge >= 0.3 is 0 Å². The van der Waals surface area contributed by atoms with Crippen LogP contribution in [0.4, 0.5) is 4.39 Å². The first-order valence-electron chi connectivity index (χ1n) is 6.13. The van der Waals surface area contributed by atoms with Crippen molar-refractivity contribution in [1.82, 2.24) is 0 Å². The van der Waals surface area contributed by atoms with E-state index in [1.807, 2.05) is 0 Å². The van der Waals surface area contributed by atoms with Gasteiger partial charge in [-0.25, -0.2) is 12.8 Å². The van der Waals surface area contributed by atoms with Gasteiger partial charge in [-0.05, 0) is 26.8 Å². The molecule has 4 nitrogen and oxygen atoms in total. The Morgan fingerprint density at radius 2 is 1.95 bits per heavy atom. The Labute approximate surface area is 113 Å². The van der Waals surface area contributed by atoms with Crippen LogP contribution >= 0.6 is 0 Å². The van der Waals surface area contributed by atoms with Gasteiger partial charge in [0.15, 0.2) is 9.84 Å². The molecule has 0 saturated heterocycles. The van der Waals surface area contributed by atoms with E-state index < -0.39 is 26.9 Å². The maximum Gasteiger partial charge on any atom is 0.155 e. The van der Waals surface area contributed by atoms with Crippen LogP contribution in [0.5, 0.6) is 5.75 Å². The van der Waals surface area contributed by atoms with E-state index in [0.29, 0.717) is 11.3 Å². The number of halogens is 1. The zero-order valence-electron chi connectivity index (χ0n) is 11.4. The Balaban J connectivity index is 2.63. The lowest BCUT2D eigenvalue weighted by atomic mass is 10.1. The second-order valence-electron chi connectivity index (χ2n) is 4.74. The number of nitrogens with two attached hydrogens (primary N) is 1. The van der Waals surface area contributed by atoms with Crippen LogP contribution in [0.2, 0.25) is 0 Å². The summed E-state index contributed by atoms with van der Waals surface area (Å²) in [5.74, 6) is -0.221. The molecule has 108 valence electrons. The van der Waals surface area contributed by atoms with E-state index in [0.717, 1.165) is 0 Å². The van der Waals surface area contributed by atoms with Crippen molar-refractivity contribution in [3.8, 4) is 5.75 Å². The highest BCUT2D eigenvalue weighted by Crippen LogP contribution is 2.20. The number of benzene rings is 1. The summed E-state index contributed by atoms with van der Waals surface area (Å²) in [6.45, 7) is 4.94. The third-order valence-electron chi connectivity index (χ3n) is 2.82. The number of rotatable bonds is 6. The molecule has 1 aromatic carbocycles. The first kappa shape index (κ1) is 15.9. The molecule has 0 fully saturated rings. The monoisotopic (exact) mass is 289 g/mol. The molecule has 0 amide bonds. The fourth-order valence-electron chi connectivity index (χ4n) is 1.48. The SMILES string of the molecule is CC(C)S(=O)(=O)CCOc1ccc([C@@H](C)N)c(F)c1. The van der Waals surface area contributed by atoms with Crippen LogP contribution in [0.25, 0.3) is 0 Å². The Hall–Kier alpha value is -1.14. The lowest BCUT2D eigenvalue weighted by Crippen LogP contribution is -2.22. The maximum atomic E-state index is 13.6. The van der Waals surface area contributed by atoms with E-state index in [2.05, 4.69) is 0 Å². The summed E-state index contributed by atoms with van der Waals surface area (Å²) in [7, 11) is -3.14. The van der Waals surface area contributed by atoms with E-state index in [1.54, 1.807) is 32.9 Å². The molecular weight excluding hydrogens is 269 g/mol. The van der Waals surface area contributed by atoms with Crippen LogP contribution in [0, 0.1) is 5.82 Å². The Morgan fingerprint density at radius 1 is 1.32 bits per heavy atom. The van der Waals surface area contributed by atoms with Crippen LogP contribution in [0.3, 0.4) is 0 Å². The second kappa shape index (κ2) is 6.34. The van der Waals surface area contributed by atoms with Crippen molar-refractivity contribution in [2.45, 2.75) is 32.1 Å². The van der Waals surface area contributed by atoms with Crippen molar-refractivity contribution < 1.29 is 17.5 Å². The van der Waals surface area contributed by atoms with Gasteiger partial charge in [0.2, 0.25) is 0 Å². The molecule has 1 atom stereocenters. The van der Waals surface area contributed by atoms with Gasteiger partial charge in [-0.15, -0.1) is 0 Å². The second-order valence-corrected chi connectivity index (χ2v) is 7.41. The fourth-order valence-corrected chi connectivity index (χ4v) is 2.27. The predicted molar refractivity (Wildman–Crippen MR) is 73.4 cm³/mol. The van der Waals surface area contributed by atoms with Crippen molar-refractivity contribution in [3.63, 3.8) is 0 Å². The molecule has 0 unspecified atom stereocenters. The first-order chi connectivity index (χ1) is 8.74. The number of ether oxygens (including phenoxy) is 1. The zero-order valence-corrected chi connectivity index (χ0v) is 12.2. The van der Waals surface area contributed by atoms with Crippen molar-refractivity contribution in [1.29, 1.82) is 0 Å². The van der Waals surface area contributed by atoms with E-state index in [4.69, 9.17) is 10.5 Å². The molecule has 0 radical (unpaired) electrons. The third kappa shape index (κ3) is 4.47. The lowest BCUT2D eigenvalue weighted by Gasteiger charge is -2.11. The van der Waals surface area contributed by atoms with Crippen molar-refractivity contribution in [2.75, 3.05) is 12.4 Å². The molecule has 0 aliphatic heterocycles. The van der Waals surface area contributed by atoms with Crippen molar-refractivity contribution >= 4 is 9.84 Å². The van der Waals surface area contributed by atoms with Gasteiger partial charge in [-0.2, -0.15) is 0 Å². The van der Waals surface area contributed by atoms with Gasteiger partial charge < -0.3 is 10.5 Å². The molecule has 0 saturated carbocycles. The molecule has 0 heterocycles. The van der Waals surface area contributed by atoms with E-state index in [-0.39, 0.29) is 12.4 Å². The Kier molecular flexibility index (Phi) is 5.31. The largest absolute Gasteiger partial charge is 0.492 e. The Morgan fingerprint density at radius 3 is 2.42 bits per heavy atom. The number of sulfone groups is 1. The van der Waals surface area contributed by atoms with Crippen LogP contribution < -0.4 is 10.5 Å². The molecule has 0 spiro atoms.